The second-order valence-electron chi connectivity index (χ2n) is 4.10. The summed E-state index contributed by atoms with van der Waals surface area (Å²) in [7, 11) is 0. The molecule has 0 amide bonds. The van der Waals surface area contributed by atoms with Crippen LogP contribution in [-0.4, -0.2) is 29.5 Å². The second kappa shape index (κ2) is 4.21. The predicted molar refractivity (Wildman–Crippen MR) is 50.0 cm³/mol. The minimum atomic E-state index is -0.896. The van der Waals surface area contributed by atoms with Gasteiger partial charge in [-0.3, -0.25) is 0 Å². The van der Waals surface area contributed by atoms with E-state index in [2.05, 4.69) is 6.92 Å². The van der Waals surface area contributed by atoms with Crippen molar-refractivity contribution in [2.24, 2.45) is 5.73 Å². The summed E-state index contributed by atoms with van der Waals surface area (Å²) in [6, 6.07) is 0. The summed E-state index contributed by atoms with van der Waals surface area (Å²) < 4.78 is 5.50. The molecule has 0 rings (SSSR count). The number of nitrogens with two attached hydrogens (primary N) is 1. The fraction of sp³-hybridized carbons (Fsp3) is 1.00. The highest BCUT2D eigenvalue weighted by Gasteiger charge is 2.23. The molecule has 0 bridgehead atoms. The van der Waals surface area contributed by atoms with Crippen LogP contribution in [0.25, 0.3) is 0 Å². The van der Waals surface area contributed by atoms with Crippen molar-refractivity contribution in [1.29, 1.82) is 0 Å². The lowest BCUT2D eigenvalue weighted by Gasteiger charge is -2.29. The van der Waals surface area contributed by atoms with Crippen molar-refractivity contribution < 1.29 is 9.84 Å². The molecule has 3 heteroatoms. The van der Waals surface area contributed by atoms with E-state index < -0.39 is 5.60 Å². The van der Waals surface area contributed by atoms with Crippen LogP contribution in [0.15, 0.2) is 0 Å². The second-order valence-corrected chi connectivity index (χ2v) is 4.10. The van der Waals surface area contributed by atoms with Gasteiger partial charge in [0.1, 0.15) is 0 Å². The molecule has 0 heterocycles. The van der Waals surface area contributed by atoms with E-state index in [4.69, 9.17) is 10.5 Å². The minimum absolute atomic E-state index is 0.167. The predicted octanol–water partition coefficient (Wildman–Crippen LogP) is 0.901. The summed E-state index contributed by atoms with van der Waals surface area (Å²) in [5, 5.41) is 9.53. The van der Waals surface area contributed by atoms with Gasteiger partial charge >= 0.3 is 0 Å². The first-order valence-electron chi connectivity index (χ1n) is 4.39. The lowest BCUT2D eigenvalue weighted by atomic mass is 10.1. The van der Waals surface area contributed by atoms with Gasteiger partial charge in [-0.15, -0.1) is 0 Å². The van der Waals surface area contributed by atoms with Gasteiger partial charge in [0, 0.05) is 6.54 Å². The molecular weight excluding hydrogens is 154 g/mol. The summed E-state index contributed by atoms with van der Waals surface area (Å²) in [6.07, 6.45) is 0.924. The van der Waals surface area contributed by atoms with Crippen LogP contribution < -0.4 is 5.73 Å². The van der Waals surface area contributed by atoms with Gasteiger partial charge in [0.25, 0.3) is 0 Å². The molecule has 0 saturated heterocycles. The molecule has 12 heavy (non-hydrogen) atoms. The first-order valence-corrected chi connectivity index (χ1v) is 4.39. The summed E-state index contributed by atoms with van der Waals surface area (Å²) in [5.41, 5.74) is 4.28. The molecule has 0 radical (unpaired) electrons. The van der Waals surface area contributed by atoms with Crippen molar-refractivity contribution in [3.63, 3.8) is 0 Å². The molecule has 0 aromatic carbocycles. The van der Waals surface area contributed by atoms with Gasteiger partial charge in [-0.2, -0.15) is 0 Å². The Kier molecular flexibility index (Phi) is 4.17. The van der Waals surface area contributed by atoms with Crippen LogP contribution >= 0.6 is 0 Å². The first kappa shape index (κ1) is 11.9. The normalized spacial score (nSPS) is 17.5. The average Bonchev–Trinajstić information content (AvgIpc) is 2.02. The highest BCUT2D eigenvalue weighted by atomic mass is 16.5. The number of rotatable bonds is 5. The Balaban J connectivity index is 3.82. The molecule has 0 aliphatic carbocycles. The minimum Gasteiger partial charge on any atom is -0.386 e. The van der Waals surface area contributed by atoms with Crippen molar-refractivity contribution in [3.05, 3.63) is 0 Å². The van der Waals surface area contributed by atoms with Crippen LogP contribution in [0.4, 0.5) is 0 Å². The highest BCUT2D eigenvalue weighted by Crippen LogP contribution is 2.15. The maximum Gasteiger partial charge on any atom is 0.0973 e. The van der Waals surface area contributed by atoms with E-state index in [1.54, 1.807) is 6.92 Å². The maximum atomic E-state index is 9.53. The molecule has 0 aromatic heterocycles. The zero-order chi connectivity index (χ0) is 9.83. The Bertz CT molecular complexity index is 116. The van der Waals surface area contributed by atoms with Crippen molar-refractivity contribution in [2.75, 3.05) is 13.2 Å². The van der Waals surface area contributed by atoms with Gasteiger partial charge in [-0.05, 0) is 27.2 Å². The summed E-state index contributed by atoms with van der Waals surface area (Å²) in [5.74, 6) is 0. The first-order chi connectivity index (χ1) is 5.33. The van der Waals surface area contributed by atoms with E-state index in [1.165, 1.54) is 0 Å². The third-order valence-corrected chi connectivity index (χ3v) is 2.07. The zero-order valence-corrected chi connectivity index (χ0v) is 8.55. The van der Waals surface area contributed by atoms with E-state index in [-0.39, 0.29) is 12.1 Å². The van der Waals surface area contributed by atoms with Crippen molar-refractivity contribution in [3.8, 4) is 0 Å². The molecule has 0 spiro atoms. The number of ether oxygens (including phenoxy) is 1. The number of hydrogen-bond acceptors (Lipinski definition) is 3. The largest absolute Gasteiger partial charge is 0.386 e. The molecule has 0 aliphatic rings. The van der Waals surface area contributed by atoms with E-state index in [0.29, 0.717) is 6.61 Å². The molecular formula is C9H21NO2. The smallest absolute Gasteiger partial charge is 0.0973 e. The standard InChI is InChI=1S/C9H21NO2/c1-5-8(2,3)12-7-9(4,11)6-10/h11H,5-7,10H2,1-4H3. The quantitative estimate of drug-likeness (QED) is 0.652. The van der Waals surface area contributed by atoms with Crippen LogP contribution in [0, 0.1) is 0 Å². The zero-order valence-electron chi connectivity index (χ0n) is 8.55. The fourth-order valence-electron chi connectivity index (χ4n) is 0.512. The van der Waals surface area contributed by atoms with Gasteiger partial charge in [0.2, 0.25) is 0 Å². The Morgan fingerprint density at radius 2 is 1.83 bits per heavy atom. The molecule has 3 nitrogen and oxygen atoms in total. The number of aliphatic hydroxyl groups is 1. The molecule has 0 aliphatic heterocycles. The highest BCUT2D eigenvalue weighted by molar-refractivity contribution is 4.75. The molecule has 1 atom stereocenters. The lowest BCUT2D eigenvalue weighted by molar-refractivity contribution is -0.0954. The Labute approximate surface area is 74.9 Å². The number of hydrogen-bond donors (Lipinski definition) is 2. The van der Waals surface area contributed by atoms with Crippen molar-refractivity contribution >= 4 is 0 Å². The third-order valence-electron chi connectivity index (χ3n) is 2.07. The van der Waals surface area contributed by atoms with Crippen LogP contribution in [-0.2, 0) is 4.74 Å². The van der Waals surface area contributed by atoms with Gasteiger partial charge in [0.15, 0.2) is 0 Å². The van der Waals surface area contributed by atoms with Gasteiger partial charge in [-0.25, -0.2) is 0 Å². The summed E-state index contributed by atoms with van der Waals surface area (Å²) >= 11 is 0. The summed E-state index contributed by atoms with van der Waals surface area (Å²) in [4.78, 5) is 0. The monoisotopic (exact) mass is 175 g/mol. The van der Waals surface area contributed by atoms with Gasteiger partial charge in [-0.1, -0.05) is 6.92 Å². The van der Waals surface area contributed by atoms with Crippen LogP contribution in [0.2, 0.25) is 0 Å². The SMILES string of the molecule is CCC(C)(C)OCC(C)(O)CN. The van der Waals surface area contributed by atoms with Crippen LogP contribution in [0.5, 0.6) is 0 Å². The summed E-state index contributed by atoms with van der Waals surface area (Å²) in [6.45, 7) is 8.26. The molecule has 0 fully saturated rings. The van der Waals surface area contributed by atoms with Crippen molar-refractivity contribution in [2.45, 2.75) is 45.3 Å². The maximum absolute atomic E-state index is 9.53. The fourth-order valence-corrected chi connectivity index (χ4v) is 0.512. The average molecular weight is 175 g/mol. The van der Waals surface area contributed by atoms with E-state index in [9.17, 15) is 5.11 Å². The Morgan fingerprint density at radius 1 is 1.33 bits per heavy atom. The van der Waals surface area contributed by atoms with E-state index >= 15 is 0 Å². The van der Waals surface area contributed by atoms with Crippen LogP contribution in [0.3, 0.4) is 0 Å². The molecule has 3 N–H and O–H groups in total. The van der Waals surface area contributed by atoms with Gasteiger partial charge < -0.3 is 15.6 Å². The lowest BCUT2D eigenvalue weighted by Crippen LogP contribution is -2.42. The molecule has 0 saturated carbocycles. The Hall–Kier alpha value is -0.120. The van der Waals surface area contributed by atoms with E-state index in [1.807, 2.05) is 13.8 Å². The van der Waals surface area contributed by atoms with Crippen molar-refractivity contribution in [1.82, 2.24) is 0 Å². The molecule has 0 aromatic rings. The third kappa shape index (κ3) is 4.70. The van der Waals surface area contributed by atoms with E-state index in [0.717, 1.165) is 6.42 Å². The molecule has 74 valence electrons. The molecule has 1 unspecified atom stereocenters. The Morgan fingerprint density at radius 3 is 2.17 bits per heavy atom. The topological polar surface area (TPSA) is 55.5 Å². The van der Waals surface area contributed by atoms with Crippen LogP contribution in [0.1, 0.15) is 34.1 Å². The van der Waals surface area contributed by atoms with Gasteiger partial charge in [0.05, 0.1) is 17.8 Å².